The molecule has 0 fully saturated rings. The van der Waals surface area contributed by atoms with Crippen LogP contribution < -0.4 is 26.7 Å². The van der Waals surface area contributed by atoms with Crippen LogP contribution in [0.25, 0.3) is 24.4 Å². The Morgan fingerprint density at radius 2 is 1.27 bits per heavy atom. The van der Waals surface area contributed by atoms with Crippen molar-refractivity contribution >= 4 is 24.4 Å². The van der Waals surface area contributed by atoms with Gasteiger partial charge in [0.15, 0.2) is 0 Å². The molecule has 6 heteroatoms. The third-order valence-electron chi connectivity index (χ3n) is 5.38. The smallest absolute Gasteiger partial charge is 0.0979 e. The van der Waals surface area contributed by atoms with E-state index in [0.29, 0.717) is 0 Å². The number of H-pyrrole nitrogens is 3. The molecule has 0 aliphatic carbocycles. The van der Waals surface area contributed by atoms with Crippen molar-refractivity contribution in [1.29, 1.82) is 0 Å². The standard InChI is InChI=1S/C24H22N6/c1-3-19-12-21-5-7-23(27-21)14-29-9-10-30(16-29)15-24-8-6-22(28-24)13-20-4-2-18(26-20)11-17(1)25-19/h1-7,9-15,25-28H,8,16H2. The van der Waals surface area contributed by atoms with Crippen molar-refractivity contribution < 1.29 is 0 Å². The molecule has 0 saturated heterocycles. The molecule has 3 aliphatic heterocycles. The molecule has 6 heterocycles. The molecule has 148 valence electrons. The fourth-order valence-electron chi connectivity index (χ4n) is 3.98. The van der Waals surface area contributed by atoms with Gasteiger partial charge in [0.05, 0.1) is 12.0 Å². The highest BCUT2D eigenvalue weighted by molar-refractivity contribution is 5.53. The van der Waals surface area contributed by atoms with Crippen LogP contribution in [0.4, 0.5) is 0 Å². The molecule has 30 heavy (non-hydrogen) atoms. The van der Waals surface area contributed by atoms with Crippen molar-refractivity contribution in [1.82, 2.24) is 30.1 Å². The van der Waals surface area contributed by atoms with Gasteiger partial charge in [-0.15, -0.1) is 0 Å². The second-order valence-corrected chi connectivity index (χ2v) is 7.78. The first-order valence-corrected chi connectivity index (χ1v) is 10.1. The van der Waals surface area contributed by atoms with Crippen molar-refractivity contribution in [2.75, 3.05) is 6.67 Å². The molecule has 0 amide bonds. The zero-order chi connectivity index (χ0) is 19.9. The summed E-state index contributed by atoms with van der Waals surface area (Å²) in [6.45, 7) is 0.790. The zero-order valence-corrected chi connectivity index (χ0v) is 16.4. The Labute approximate surface area is 173 Å². The number of fused-ring (bicyclic) bond motifs is 10. The Morgan fingerprint density at radius 1 is 0.633 bits per heavy atom. The summed E-state index contributed by atoms with van der Waals surface area (Å²) >= 11 is 0. The normalized spacial score (nSPS) is 17.2. The summed E-state index contributed by atoms with van der Waals surface area (Å²) in [6, 6.07) is 12.6. The minimum absolute atomic E-state index is 0.790. The number of hydrogen-bond donors (Lipinski definition) is 4. The fourth-order valence-corrected chi connectivity index (χ4v) is 3.98. The van der Waals surface area contributed by atoms with Crippen LogP contribution in [0.15, 0.2) is 72.5 Å². The minimum atomic E-state index is 0.790. The van der Waals surface area contributed by atoms with E-state index in [9.17, 15) is 0 Å². The van der Waals surface area contributed by atoms with Gasteiger partial charge in [0.2, 0.25) is 0 Å². The highest BCUT2D eigenvalue weighted by Gasteiger charge is 2.12. The van der Waals surface area contributed by atoms with Gasteiger partial charge in [-0.05, 0) is 54.6 Å². The van der Waals surface area contributed by atoms with Crippen molar-refractivity contribution in [3.05, 3.63) is 105 Å². The number of aromatic amines is 3. The second kappa shape index (κ2) is 6.77. The van der Waals surface area contributed by atoms with Crippen molar-refractivity contribution in [3.63, 3.8) is 0 Å². The number of aromatic nitrogens is 3. The van der Waals surface area contributed by atoms with E-state index in [4.69, 9.17) is 0 Å². The van der Waals surface area contributed by atoms with Crippen LogP contribution in [0, 0.1) is 0 Å². The summed E-state index contributed by atoms with van der Waals surface area (Å²) in [4.78, 5) is 14.7. The molecule has 10 bridgehead atoms. The Kier molecular flexibility index (Phi) is 3.81. The molecule has 3 aliphatic rings. The molecular formula is C24H22N6. The van der Waals surface area contributed by atoms with Crippen LogP contribution in [0.2, 0.25) is 0 Å². The molecule has 0 saturated carbocycles. The van der Waals surface area contributed by atoms with E-state index in [2.05, 4.69) is 116 Å². The molecule has 0 atom stereocenters. The third-order valence-corrected chi connectivity index (χ3v) is 5.38. The Morgan fingerprint density at radius 3 is 2.03 bits per heavy atom. The maximum atomic E-state index is 3.51. The quantitative estimate of drug-likeness (QED) is 0.452. The van der Waals surface area contributed by atoms with Crippen molar-refractivity contribution in [2.24, 2.45) is 0 Å². The van der Waals surface area contributed by atoms with Gasteiger partial charge in [-0.25, -0.2) is 0 Å². The summed E-state index contributed by atoms with van der Waals surface area (Å²) in [5.74, 6) is 0. The van der Waals surface area contributed by atoms with E-state index >= 15 is 0 Å². The summed E-state index contributed by atoms with van der Waals surface area (Å²) in [5, 5.41) is 7.80. The first-order chi connectivity index (χ1) is 14.7. The van der Waals surface area contributed by atoms with Gasteiger partial charge < -0.3 is 30.1 Å². The molecule has 6 rings (SSSR count). The Bertz CT molecular complexity index is 1440. The number of allylic oxidation sites excluding steroid dienone is 2. The molecule has 3 aromatic heterocycles. The average Bonchev–Trinajstić information content (AvgIpc) is 3.52. The van der Waals surface area contributed by atoms with Gasteiger partial charge >= 0.3 is 0 Å². The lowest BCUT2D eigenvalue weighted by atomic mass is 10.3. The lowest BCUT2D eigenvalue weighted by Crippen LogP contribution is -2.22. The monoisotopic (exact) mass is 394 g/mol. The van der Waals surface area contributed by atoms with Gasteiger partial charge in [0, 0.05) is 70.0 Å². The number of rotatable bonds is 0. The highest BCUT2D eigenvalue weighted by Crippen LogP contribution is 2.16. The van der Waals surface area contributed by atoms with Gasteiger partial charge in [0.1, 0.15) is 0 Å². The van der Waals surface area contributed by atoms with E-state index in [1.165, 1.54) is 5.70 Å². The number of hydrogen-bond acceptors (Lipinski definition) is 3. The Balaban J connectivity index is 1.45. The maximum absolute atomic E-state index is 3.51. The van der Waals surface area contributed by atoms with Crippen LogP contribution in [-0.2, 0) is 0 Å². The lowest BCUT2D eigenvalue weighted by molar-refractivity contribution is 0.409. The van der Waals surface area contributed by atoms with Crippen LogP contribution in [0.5, 0.6) is 0 Å². The minimum Gasteiger partial charge on any atom is -0.358 e. The topological polar surface area (TPSA) is 65.9 Å². The molecule has 0 aromatic carbocycles. The van der Waals surface area contributed by atoms with E-state index < -0.39 is 0 Å². The first-order valence-electron chi connectivity index (χ1n) is 10.1. The van der Waals surface area contributed by atoms with Gasteiger partial charge in [-0.2, -0.15) is 0 Å². The largest absolute Gasteiger partial charge is 0.358 e. The van der Waals surface area contributed by atoms with E-state index in [1.54, 1.807) is 0 Å². The van der Waals surface area contributed by atoms with Crippen molar-refractivity contribution in [3.8, 4) is 0 Å². The van der Waals surface area contributed by atoms with Crippen molar-refractivity contribution in [2.45, 2.75) is 6.42 Å². The summed E-state index contributed by atoms with van der Waals surface area (Å²) in [7, 11) is 0. The molecule has 4 N–H and O–H groups in total. The molecular weight excluding hydrogens is 372 g/mol. The number of nitrogens with zero attached hydrogens (tertiary/aromatic N) is 2. The predicted octanol–water partition coefficient (Wildman–Crippen LogP) is 0.626. The van der Waals surface area contributed by atoms with Crippen LogP contribution in [0.1, 0.15) is 17.8 Å². The van der Waals surface area contributed by atoms with E-state index in [-0.39, 0.29) is 0 Å². The van der Waals surface area contributed by atoms with E-state index in [0.717, 1.165) is 51.6 Å². The summed E-state index contributed by atoms with van der Waals surface area (Å²) in [5.41, 5.74) is 4.43. The maximum Gasteiger partial charge on any atom is 0.0979 e. The Hall–Kier alpha value is -4.06. The highest BCUT2D eigenvalue weighted by atomic mass is 15.3. The van der Waals surface area contributed by atoms with Gasteiger partial charge in [-0.1, -0.05) is 6.08 Å². The first kappa shape index (κ1) is 16.9. The van der Waals surface area contributed by atoms with Gasteiger partial charge in [-0.3, -0.25) is 0 Å². The molecule has 0 radical (unpaired) electrons. The molecule has 6 nitrogen and oxygen atoms in total. The fraction of sp³-hybridized carbons (Fsp3) is 0.0833. The van der Waals surface area contributed by atoms with Crippen LogP contribution in [0.3, 0.4) is 0 Å². The average molecular weight is 394 g/mol. The number of nitrogens with one attached hydrogen (secondary N) is 4. The molecule has 3 aromatic rings. The second-order valence-electron chi connectivity index (χ2n) is 7.78. The van der Waals surface area contributed by atoms with E-state index in [1.807, 2.05) is 0 Å². The molecule has 0 unspecified atom stereocenters. The van der Waals surface area contributed by atoms with Crippen LogP contribution in [-0.4, -0.2) is 31.4 Å². The van der Waals surface area contributed by atoms with Crippen LogP contribution >= 0.6 is 0 Å². The lowest BCUT2D eigenvalue weighted by Gasteiger charge is -2.15. The zero-order valence-electron chi connectivity index (χ0n) is 16.4. The predicted molar refractivity (Wildman–Crippen MR) is 119 cm³/mol. The SMILES string of the molecule is C1=CN2C=c3ccc([nH]3)=Cc3ccc([nH]3)C=c3ccc([nH]3)=CC3=CCC(=CN1C2)N3. The molecule has 0 spiro atoms. The third kappa shape index (κ3) is 3.39. The summed E-state index contributed by atoms with van der Waals surface area (Å²) < 4.78 is 0. The summed E-state index contributed by atoms with van der Waals surface area (Å²) in [6.07, 6.45) is 18.0. The van der Waals surface area contributed by atoms with Gasteiger partial charge in [0.25, 0.3) is 0 Å².